The average Bonchev–Trinajstić information content (AvgIpc) is 3.07. The standard InChI is InChI=1S/C16H11N3O4/c20-15-4-2-1-3-11(15)13-8-14-10-6-5-9(19(22)23)7-12(10)16(21)18(14)17-13/h1-7,14,20H,8H2. The van der Waals surface area contributed by atoms with Crippen molar-refractivity contribution in [1.82, 2.24) is 5.01 Å². The number of nitro groups is 1. The highest BCUT2D eigenvalue weighted by atomic mass is 16.6. The van der Waals surface area contributed by atoms with Crippen molar-refractivity contribution in [2.24, 2.45) is 5.10 Å². The van der Waals surface area contributed by atoms with Crippen LogP contribution in [0.1, 0.15) is 33.9 Å². The summed E-state index contributed by atoms with van der Waals surface area (Å²) in [6, 6.07) is 10.9. The number of nitrogens with zero attached hydrogens (tertiary/aromatic N) is 3. The van der Waals surface area contributed by atoms with Gasteiger partial charge in [0.15, 0.2) is 0 Å². The number of rotatable bonds is 2. The molecule has 2 heterocycles. The van der Waals surface area contributed by atoms with E-state index in [1.165, 1.54) is 17.1 Å². The molecule has 1 unspecified atom stereocenters. The van der Waals surface area contributed by atoms with Gasteiger partial charge in [-0.3, -0.25) is 14.9 Å². The second-order valence-electron chi connectivity index (χ2n) is 5.46. The van der Waals surface area contributed by atoms with E-state index in [-0.39, 0.29) is 23.4 Å². The molecule has 2 aliphatic rings. The highest BCUT2D eigenvalue weighted by molar-refractivity contribution is 6.09. The van der Waals surface area contributed by atoms with Gasteiger partial charge in [0.1, 0.15) is 5.75 Å². The molecule has 0 saturated heterocycles. The largest absolute Gasteiger partial charge is 0.507 e. The van der Waals surface area contributed by atoms with Crippen LogP contribution >= 0.6 is 0 Å². The van der Waals surface area contributed by atoms with E-state index in [0.29, 0.717) is 23.3 Å². The maximum absolute atomic E-state index is 12.4. The summed E-state index contributed by atoms with van der Waals surface area (Å²) in [5, 5.41) is 26.5. The van der Waals surface area contributed by atoms with Crippen LogP contribution in [-0.2, 0) is 0 Å². The molecule has 0 spiro atoms. The Balaban J connectivity index is 1.74. The Bertz CT molecular complexity index is 891. The van der Waals surface area contributed by atoms with Crippen molar-refractivity contribution in [3.05, 3.63) is 69.3 Å². The number of carbonyl (C=O) groups excluding carboxylic acids is 1. The zero-order valence-electron chi connectivity index (χ0n) is 11.8. The number of para-hydroxylation sites is 1. The smallest absolute Gasteiger partial charge is 0.275 e. The summed E-state index contributed by atoms with van der Waals surface area (Å²) >= 11 is 0. The van der Waals surface area contributed by atoms with Crippen LogP contribution in [0.4, 0.5) is 5.69 Å². The molecule has 0 bridgehead atoms. The van der Waals surface area contributed by atoms with Gasteiger partial charge < -0.3 is 5.11 Å². The molecule has 23 heavy (non-hydrogen) atoms. The van der Waals surface area contributed by atoms with Gasteiger partial charge in [-0.2, -0.15) is 5.10 Å². The van der Waals surface area contributed by atoms with Crippen LogP contribution in [0.15, 0.2) is 47.6 Å². The quantitative estimate of drug-likeness (QED) is 0.681. The van der Waals surface area contributed by atoms with Crippen molar-refractivity contribution in [2.45, 2.75) is 12.5 Å². The van der Waals surface area contributed by atoms with Crippen molar-refractivity contribution in [3.63, 3.8) is 0 Å². The summed E-state index contributed by atoms with van der Waals surface area (Å²) in [5.41, 5.74) is 2.17. The summed E-state index contributed by atoms with van der Waals surface area (Å²) in [5.74, 6) is -0.233. The Labute approximate surface area is 130 Å². The number of benzene rings is 2. The van der Waals surface area contributed by atoms with E-state index in [9.17, 15) is 20.0 Å². The lowest BCUT2D eigenvalue weighted by atomic mass is 9.97. The number of aromatic hydroxyl groups is 1. The predicted octanol–water partition coefficient (Wildman–Crippen LogP) is 2.61. The van der Waals surface area contributed by atoms with Crippen LogP contribution in [0.2, 0.25) is 0 Å². The Morgan fingerprint density at radius 2 is 2.00 bits per heavy atom. The zero-order chi connectivity index (χ0) is 16.1. The SMILES string of the molecule is O=C1c2cc([N+](=O)[O-])ccc2C2CC(c3ccccc3O)=NN12. The van der Waals surface area contributed by atoms with Crippen molar-refractivity contribution in [1.29, 1.82) is 0 Å². The normalized spacial score (nSPS) is 18.6. The average molecular weight is 309 g/mol. The monoisotopic (exact) mass is 309 g/mol. The third kappa shape index (κ3) is 1.90. The number of hydrogen-bond donors (Lipinski definition) is 1. The van der Waals surface area contributed by atoms with Crippen molar-refractivity contribution < 1.29 is 14.8 Å². The van der Waals surface area contributed by atoms with Gasteiger partial charge in [-0.15, -0.1) is 0 Å². The van der Waals surface area contributed by atoms with Crippen molar-refractivity contribution in [2.75, 3.05) is 0 Å². The van der Waals surface area contributed by atoms with Crippen molar-refractivity contribution in [3.8, 4) is 5.75 Å². The molecular formula is C16H11N3O4. The first kappa shape index (κ1) is 13.4. The summed E-state index contributed by atoms with van der Waals surface area (Å²) in [6.45, 7) is 0. The molecule has 2 aromatic rings. The minimum atomic E-state index is -0.520. The summed E-state index contributed by atoms with van der Waals surface area (Å²) in [7, 11) is 0. The number of hydrogen-bond acceptors (Lipinski definition) is 5. The van der Waals surface area contributed by atoms with Gasteiger partial charge in [-0.25, -0.2) is 5.01 Å². The summed E-state index contributed by atoms with van der Waals surface area (Å²) < 4.78 is 0. The molecule has 4 rings (SSSR count). The molecule has 114 valence electrons. The van der Waals surface area contributed by atoms with Gasteiger partial charge in [-0.1, -0.05) is 12.1 Å². The van der Waals surface area contributed by atoms with Crippen molar-refractivity contribution >= 4 is 17.3 Å². The molecular weight excluding hydrogens is 298 g/mol. The molecule has 0 fully saturated rings. The van der Waals surface area contributed by atoms with E-state index < -0.39 is 4.92 Å². The number of fused-ring (bicyclic) bond motifs is 3. The number of amides is 1. The van der Waals surface area contributed by atoms with E-state index in [0.717, 1.165) is 5.56 Å². The first-order valence-electron chi connectivity index (χ1n) is 7.04. The van der Waals surface area contributed by atoms with E-state index in [1.807, 2.05) is 0 Å². The van der Waals surface area contributed by atoms with Gasteiger partial charge in [0.2, 0.25) is 0 Å². The molecule has 7 heteroatoms. The van der Waals surface area contributed by atoms with Crippen LogP contribution in [0, 0.1) is 10.1 Å². The second kappa shape index (κ2) is 4.64. The number of carbonyl (C=O) groups is 1. The minimum absolute atomic E-state index is 0.108. The Kier molecular flexibility index (Phi) is 2.71. The first-order chi connectivity index (χ1) is 11.1. The number of non-ortho nitro benzene ring substituents is 1. The first-order valence-corrected chi connectivity index (χ1v) is 7.04. The number of nitro benzene ring substituents is 1. The maximum atomic E-state index is 12.4. The number of phenolic OH excluding ortho intramolecular Hbond substituents is 1. The highest BCUT2D eigenvalue weighted by Gasteiger charge is 2.42. The summed E-state index contributed by atoms with van der Waals surface area (Å²) in [4.78, 5) is 22.8. The minimum Gasteiger partial charge on any atom is -0.507 e. The van der Waals surface area contributed by atoms with E-state index >= 15 is 0 Å². The lowest BCUT2D eigenvalue weighted by Crippen LogP contribution is -2.17. The van der Waals surface area contributed by atoms with Crippen LogP contribution in [0.25, 0.3) is 0 Å². The Morgan fingerprint density at radius 1 is 1.22 bits per heavy atom. The number of phenols is 1. The van der Waals surface area contributed by atoms with Gasteiger partial charge in [0.25, 0.3) is 11.6 Å². The third-order valence-electron chi connectivity index (χ3n) is 4.17. The van der Waals surface area contributed by atoms with Crippen LogP contribution in [0.3, 0.4) is 0 Å². The topological polar surface area (TPSA) is 96.0 Å². The van der Waals surface area contributed by atoms with Crippen LogP contribution in [0.5, 0.6) is 5.75 Å². The molecule has 0 radical (unpaired) electrons. The maximum Gasteiger partial charge on any atom is 0.275 e. The molecule has 1 atom stereocenters. The van der Waals surface area contributed by atoms with E-state index in [4.69, 9.17) is 0 Å². The molecule has 0 saturated carbocycles. The molecule has 0 aromatic heterocycles. The fourth-order valence-corrected chi connectivity index (χ4v) is 3.08. The third-order valence-corrected chi connectivity index (χ3v) is 4.17. The lowest BCUT2D eigenvalue weighted by molar-refractivity contribution is -0.384. The van der Waals surface area contributed by atoms with E-state index in [1.54, 1.807) is 30.3 Å². The van der Waals surface area contributed by atoms with Gasteiger partial charge in [0, 0.05) is 24.1 Å². The molecule has 1 amide bonds. The fraction of sp³-hybridized carbons (Fsp3) is 0.125. The van der Waals surface area contributed by atoms with Gasteiger partial charge in [0.05, 0.1) is 22.2 Å². The van der Waals surface area contributed by atoms with Crippen LogP contribution < -0.4 is 0 Å². The lowest BCUT2D eigenvalue weighted by Gasteiger charge is -2.10. The predicted molar refractivity (Wildman–Crippen MR) is 81.3 cm³/mol. The van der Waals surface area contributed by atoms with E-state index in [2.05, 4.69) is 5.10 Å². The second-order valence-corrected chi connectivity index (χ2v) is 5.46. The molecule has 2 aliphatic heterocycles. The highest BCUT2D eigenvalue weighted by Crippen LogP contribution is 2.42. The molecule has 7 nitrogen and oxygen atoms in total. The van der Waals surface area contributed by atoms with Gasteiger partial charge in [-0.05, 0) is 23.8 Å². The molecule has 2 aromatic carbocycles. The Hall–Kier alpha value is -3.22. The fourth-order valence-electron chi connectivity index (χ4n) is 3.08. The Morgan fingerprint density at radius 3 is 2.74 bits per heavy atom. The molecule has 0 aliphatic carbocycles. The zero-order valence-corrected chi connectivity index (χ0v) is 11.8. The van der Waals surface area contributed by atoms with Gasteiger partial charge >= 0.3 is 0 Å². The molecule has 1 N–H and O–H groups in total. The van der Waals surface area contributed by atoms with Crippen LogP contribution in [-0.4, -0.2) is 26.7 Å². The number of hydrazone groups is 1. The summed E-state index contributed by atoms with van der Waals surface area (Å²) in [6.07, 6.45) is 0.466.